The lowest BCUT2D eigenvalue weighted by molar-refractivity contribution is -0.274. The van der Waals surface area contributed by atoms with Crippen molar-refractivity contribution in [3.63, 3.8) is 0 Å². The number of thioether (sulfide) groups is 1. The van der Waals surface area contributed by atoms with Crippen LogP contribution in [0.5, 0.6) is 5.75 Å². The van der Waals surface area contributed by atoms with Crippen molar-refractivity contribution < 1.29 is 22.7 Å². The topological polar surface area (TPSA) is 55.3 Å². The number of benzene rings is 1. The van der Waals surface area contributed by atoms with Gasteiger partial charge in [0, 0.05) is 12.2 Å². The highest BCUT2D eigenvalue weighted by molar-refractivity contribution is 8.01. The Labute approximate surface area is 143 Å². The van der Waals surface area contributed by atoms with E-state index in [0.29, 0.717) is 35.0 Å². The molecule has 0 bridgehead atoms. The molecule has 0 unspecified atom stereocenters. The summed E-state index contributed by atoms with van der Waals surface area (Å²) in [4.78, 5) is 14.0. The molecule has 0 radical (unpaired) electrons. The van der Waals surface area contributed by atoms with E-state index in [1.54, 1.807) is 10.4 Å². The molecule has 1 aromatic carbocycles. The molecule has 2 heterocycles. The Kier molecular flexibility index (Phi) is 4.95. The first-order valence-corrected chi connectivity index (χ1v) is 8.87. The van der Waals surface area contributed by atoms with Gasteiger partial charge in [0.2, 0.25) is 5.91 Å². The fourth-order valence-electron chi connectivity index (χ4n) is 2.46. The van der Waals surface area contributed by atoms with Crippen LogP contribution in [0.2, 0.25) is 0 Å². The van der Waals surface area contributed by atoms with Crippen LogP contribution in [0.15, 0.2) is 28.0 Å². The lowest BCUT2D eigenvalue weighted by Crippen LogP contribution is -2.36. The molecule has 0 saturated heterocycles. The van der Waals surface area contributed by atoms with Gasteiger partial charge < -0.3 is 9.64 Å². The minimum absolute atomic E-state index is 0.111. The molecule has 1 aliphatic rings. The summed E-state index contributed by atoms with van der Waals surface area (Å²) in [6.45, 7) is 0.544. The lowest BCUT2D eigenvalue weighted by atomic mass is 10.0. The highest BCUT2D eigenvalue weighted by Crippen LogP contribution is 2.33. The average Bonchev–Trinajstić information content (AvgIpc) is 3.03. The Hall–Kier alpha value is -1.81. The Morgan fingerprint density at radius 1 is 1.42 bits per heavy atom. The summed E-state index contributed by atoms with van der Waals surface area (Å²) in [6, 6.07) is 4.08. The molecular formula is C14H12F3N3O2S2. The molecule has 0 aliphatic carbocycles. The second-order valence-corrected chi connectivity index (χ2v) is 7.04. The van der Waals surface area contributed by atoms with Crippen LogP contribution in [0.3, 0.4) is 0 Å². The third kappa shape index (κ3) is 4.18. The van der Waals surface area contributed by atoms with Crippen LogP contribution in [0.25, 0.3) is 0 Å². The molecule has 1 amide bonds. The van der Waals surface area contributed by atoms with Gasteiger partial charge in [-0.25, -0.2) is 0 Å². The van der Waals surface area contributed by atoms with Crippen molar-refractivity contribution in [2.45, 2.75) is 23.5 Å². The van der Waals surface area contributed by atoms with Gasteiger partial charge in [-0.1, -0.05) is 23.1 Å². The molecule has 0 N–H and O–H groups in total. The maximum atomic E-state index is 12.4. The third-order valence-corrected chi connectivity index (χ3v) is 5.21. The van der Waals surface area contributed by atoms with E-state index in [2.05, 4.69) is 14.9 Å². The van der Waals surface area contributed by atoms with Crippen LogP contribution in [-0.4, -0.2) is 34.8 Å². The standard InChI is InChI=1S/C14H12F3N3O2S2/c15-14(16,17)22-10-3-4-11-9(6-10)2-1-5-20(11)12(21)7-23-13-19-18-8-24-13/h3-4,6,8H,1-2,5,7H2. The summed E-state index contributed by atoms with van der Waals surface area (Å²) >= 11 is 2.65. The number of amides is 1. The van der Waals surface area contributed by atoms with Gasteiger partial charge in [-0.15, -0.1) is 23.4 Å². The van der Waals surface area contributed by atoms with E-state index < -0.39 is 6.36 Å². The minimum Gasteiger partial charge on any atom is -0.406 e. The summed E-state index contributed by atoms with van der Waals surface area (Å²) < 4.78 is 41.6. The summed E-state index contributed by atoms with van der Waals surface area (Å²) in [7, 11) is 0. The number of halogens is 3. The monoisotopic (exact) mass is 375 g/mol. The van der Waals surface area contributed by atoms with Crippen molar-refractivity contribution in [2.24, 2.45) is 0 Å². The Bertz CT molecular complexity index is 723. The first-order valence-electron chi connectivity index (χ1n) is 7.00. The van der Waals surface area contributed by atoms with E-state index in [1.807, 2.05) is 0 Å². The average molecular weight is 375 g/mol. The van der Waals surface area contributed by atoms with E-state index in [4.69, 9.17) is 0 Å². The van der Waals surface area contributed by atoms with Crippen LogP contribution >= 0.6 is 23.1 Å². The Balaban J connectivity index is 1.72. The quantitative estimate of drug-likeness (QED) is 0.766. The number of ether oxygens (including phenoxy) is 1. The summed E-state index contributed by atoms with van der Waals surface area (Å²) in [5, 5.41) is 7.57. The number of carbonyl (C=O) groups is 1. The number of aryl methyl sites for hydroxylation is 1. The number of hydrogen-bond acceptors (Lipinski definition) is 6. The molecule has 3 rings (SSSR count). The molecule has 1 aromatic heterocycles. The van der Waals surface area contributed by atoms with Crippen LogP contribution in [0.1, 0.15) is 12.0 Å². The van der Waals surface area contributed by atoms with Gasteiger partial charge >= 0.3 is 6.36 Å². The minimum atomic E-state index is -4.73. The SMILES string of the molecule is O=C(CSc1nncs1)N1CCCc2cc(OC(F)(F)F)ccc21. The molecule has 0 atom stereocenters. The van der Waals surface area contributed by atoms with Crippen LogP contribution in [0.4, 0.5) is 18.9 Å². The van der Waals surface area contributed by atoms with Crippen molar-refractivity contribution in [1.82, 2.24) is 10.2 Å². The maximum absolute atomic E-state index is 12.4. The first kappa shape index (κ1) is 17.0. The molecule has 0 spiro atoms. The highest BCUT2D eigenvalue weighted by atomic mass is 32.2. The number of aromatic nitrogens is 2. The number of fused-ring (bicyclic) bond motifs is 1. The van der Waals surface area contributed by atoms with Crippen molar-refractivity contribution in [1.29, 1.82) is 0 Å². The Morgan fingerprint density at radius 3 is 2.96 bits per heavy atom. The van der Waals surface area contributed by atoms with Crippen LogP contribution in [-0.2, 0) is 11.2 Å². The predicted octanol–water partition coefficient (Wildman–Crippen LogP) is 3.51. The molecule has 5 nitrogen and oxygen atoms in total. The van der Waals surface area contributed by atoms with Gasteiger partial charge in [0.25, 0.3) is 0 Å². The summed E-state index contributed by atoms with van der Waals surface area (Å²) in [6.07, 6.45) is -3.42. The maximum Gasteiger partial charge on any atom is 0.573 e. The Morgan fingerprint density at radius 2 is 2.25 bits per heavy atom. The van der Waals surface area contributed by atoms with Crippen molar-refractivity contribution >= 4 is 34.7 Å². The smallest absolute Gasteiger partial charge is 0.406 e. The zero-order valence-corrected chi connectivity index (χ0v) is 13.9. The fourth-order valence-corrected chi connectivity index (χ4v) is 3.82. The van der Waals surface area contributed by atoms with Crippen molar-refractivity contribution in [3.8, 4) is 5.75 Å². The van der Waals surface area contributed by atoms with Crippen molar-refractivity contribution in [3.05, 3.63) is 29.3 Å². The van der Waals surface area contributed by atoms with Gasteiger partial charge in [0.15, 0.2) is 4.34 Å². The molecule has 0 saturated carbocycles. The van der Waals surface area contributed by atoms with E-state index in [-0.39, 0.29) is 17.4 Å². The lowest BCUT2D eigenvalue weighted by Gasteiger charge is -2.29. The number of hydrogen-bond donors (Lipinski definition) is 0. The second kappa shape index (κ2) is 6.98. The molecular weight excluding hydrogens is 363 g/mol. The van der Waals surface area contributed by atoms with Gasteiger partial charge in [-0.3, -0.25) is 4.79 Å². The summed E-state index contributed by atoms with van der Waals surface area (Å²) in [5.41, 5.74) is 2.90. The van der Waals surface area contributed by atoms with Crippen LogP contribution < -0.4 is 9.64 Å². The zero-order chi connectivity index (χ0) is 17.2. The first-order chi connectivity index (χ1) is 11.4. The summed E-state index contributed by atoms with van der Waals surface area (Å²) in [5.74, 6) is -0.172. The van der Waals surface area contributed by atoms with Gasteiger partial charge in [0.05, 0.1) is 5.75 Å². The fraction of sp³-hybridized carbons (Fsp3) is 0.357. The van der Waals surface area contributed by atoms with Gasteiger partial charge in [-0.2, -0.15) is 0 Å². The molecule has 128 valence electrons. The number of alkyl halides is 3. The molecule has 10 heteroatoms. The third-order valence-electron chi connectivity index (χ3n) is 3.36. The highest BCUT2D eigenvalue weighted by Gasteiger charge is 2.32. The largest absolute Gasteiger partial charge is 0.573 e. The normalized spacial score (nSPS) is 14.4. The number of nitrogens with zero attached hydrogens (tertiary/aromatic N) is 3. The number of rotatable bonds is 4. The van der Waals surface area contributed by atoms with E-state index in [1.165, 1.54) is 41.3 Å². The molecule has 2 aromatic rings. The van der Waals surface area contributed by atoms with Gasteiger partial charge in [-0.05, 0) is 36.6 Å². The predicted molar refractivity (Wildman–Crippen MR) is 84.4 cm³/mol. The molecule has 1 aliphatic heterocycles. The molecule has 24 heavy (non-hydrogen) atoms. The zero-order valence-electron chi connectivity index (χ0n) is 12.2. The van der Waals surface area contributed by atoms with E-state index >= 15 is 0 Å². The van der Waals surface area contributed by atoms with Crippen molar-refractivity contribution in [2.75, 3.05) is 17.2 Å². The van der Waals surface area contributed by atoms with E-state index in [9.17, 15) is 18.0 Å². The second-order valence-electron chi connectivity index (χ2n) is 4.98. The van der Waals surface area contributed by atoms with Crippen LogP contribution in [0, 0.1) is 0 Å². The van der Waals surface area contributed by atoms with E-state index in [0.717, 1.165) is 0 Å². The number of carbonyl (C=O) groups excluding carboxylic acids is 1. The van der Waals surface area contributed by atoms with Gasteiger partial charge in [0.1, 0.15) is 11.3 Å². The molecule has 0 fully saturated rings. The number of anilines is 1.